The van der Waals surface area contributed by atoms with Crippen molar-refractivity contribution < 1.29 is 0 Å². The molecule has 0 aliphatic heterocycles. The lowest BCUT2D eigenvalue weighted by atomic mass is 9.54. The van der Waals surface area contributed by atoms with Crippen LogP contribution in [0.2, 0.25) is 0 Å². The maximum absolute atomic E-state index is 5.77. The van der Waals surface area contributed by atoms with E-state index in [2.05, 4.69) is 148 Å². The summed E-state index contributed by atoms with van der Waals surface area (Å²) in [6, 6.07) is 0. The number of rotatable bonds is 14. The van der Waals surface area contributed by atoms with Crippen molar-refractivity contribution in [3.63, 3.8) is 0 Å². The van der Waals surface area contributed by atoms with Gasteiger partial charge in [0.25, 0.3) is 0 Å². The minimum atomic E-state index is -0.980. The van der Waals surface area contributed by atoms with Crippen LogP contribution in [0, 0.1) is 147 Å². The molecule has 0 heteroatoms. The average Bonchev–Trinajstić information content (AvgIpc) is 3.09. The lowest BCUT2D eigenvalue weighted by Gasteiger charge is -2.44. The molecule has 0 spiro atoms. The van der Waals surface area contributed by atoms with Crippen LogP contribution < -0.4 is 0 Å². The summed E-state index contributed by atoms with van der Waals surface area (Å²) in [6.45, 7) is 16.4. The summed E-state index contributed by atoms with van der Waals surface area (Å²) >= 11 is 0. The molecule has 0 fully saturated rings. The summed E-state index contributed by atoms with van der Waals surface area (Å²) in [5.41, 5.74) is -2.65. The number of unbranched alkanes of at least 4 members (excludes halogenated alkanes) is 6. The Morgan fingerprint density at radius 3 is 1.88 bits per heavy atom. The molecule has 0 aliphatic carbocycles. The first-order valence-electron chi connectivity index (χ1n) is 18.5. The molecule has 0 nitrogen and oxygen atoms in total. The topological polar surface area (TPSA) is 0 Å². The maximum Gasteiger partial charge on any atom is 0.151 e. The van der Waals surface area contributed by atoms with Gasteiger partial charge in [0.1, 0.15) is 5.41 Å². The summed E-state index contributed by atoms with van der Waals surface area (Å²) in [6.07, 6.45) is 23.7. The van der Waals surface area contributed by atoms with E-state index in [1.165, 1.54) is 0 Å². The van der Waals surface area contributed by atoms with Gasteiger partial charge in [-0.05, 0) is 58.8 Å². The lowest BCUT2D eigenvalue weighted by molar-refractivity contribution is 0.165. The van der Waals surface area contributed by atoms with Gasteiger partial charge in [-0.25, -0.2) is 0 Å². The van der Waals surface area contributed by atoms with Crippen LogP contribution in [-0.4, -0.2) is 0 Å². The molecule has 256 valence electrons. The fraction of sp³-hybridized carbons (Fsp3) is 0.592. The first-order valence-corrected chi connectivity index (χ1v) is 18.5. The Bertz CT molecular complexity index is 1590. The molecule has 0 aromatic rings. The monoisotopic (exact) mass is 648 g/mol. The molecular weight excluding hydrogens is 589 g/mol. The van der Waals surface area contributed by atoms with Crippen LogP contribution in [0.1, 0.15) is 158 Å². The van der Waals surface area contributed by atoms with Gasteiger partial charge in [0.05, 0.1) is 5.41 Å². The van der Waals surface area contributed by atoms with Gasteiger partial charge in [0, 0.05) is 63.2 Å². The fourth-order valence-corrected chi connectivity index (χ4v) is 5.36. The third kappa shape index (κ3) is 16.5. The van der Waals surface area contributed by atoms with E-state index < -0.39 is 16.2 Å². The summed E-state index contributed by atoms with van der Waals surface area (Å²) in [4.78, 5) is 0. The molecule has 0 amide bonds. The first-order chi connectivity index (χ1) is 23.8. The van der Waals surface area contributed by atoms with Gasteiger partial charge in [-0.1, -0.05) is 89.4 Å². The zero-order valence-electron chi connectivity index (χ0n) is 32.1. The minimum Gasteiger partial charge on any atom is -0.120 e. The molecule has 4 atom stereocenters. The lowest BCUT2D eigenvalue weighted by Crippen LogP contribution is -2.45. The van der Waals surface area contributed by atoms with Crippen molar-refractivity contribution in [1.29, 1.82) is 0 Å². The van der Waals surface area contributed by atoms with Gasteiger partial charge in [0.15, 0.2) is 5.41 Å². The Balaban J connectivity index is 8.60. The highest BCUT2D eigenvalue weighted by molar-refractivity contribution is 5.47. The van der Waals surface area contributed by atoms with Gasteiger partial charge < -0.3 is 0 Å². The molecule has 0 aromatic heterocycles. The average molecular weight is 649 g/mol. The molecule has 0 bridgehead atoms. The van der Waals surface area contributed by atoms with Crippen LogP contribution in [0.4, 0.5) is 0 Å². The van der Waals surface area contributed by atoms with E-state index in [1.54, 1.807) is 0 Å². The Kier molecular flexibility index (Phi) is 25.1. The number of hydrogen-bond acceptors (Lipinski definition) is 0. The van der Waals surface area contributed by atoms with E-state index in [4.69, 9.17) is 12.8 Å². The molecule has 0 heterocycles. The van der Waals surface area contributed by atoms with E-state index in [0.717, 1.165) is 64.2 Å². The van der Waals surface area contributed by atoms with E-state index in [0.29, 0.717) is 38.5 Å². The second kappa shape index (κ2) is 27.5. The van der Waals surface area contributed by atoms with Crippen LogP contribution in [0.15, 0.2) is 0 Å². The summed E-state index contributed by atoms with van der Waals surface area (Å²) in [5, 5.41) is 0. The van der Waals surface area contributed by atoms with E-state index >= 15 is 0 Å². The van der Waals surface area contributed by atoms with E-state index in [9.17, 15) is 0 Å². The van der Waals surface area contributed by atoms with Gasteiger partial charge in [-0.15, -0.1) is 78.0 Å². The third-order valence-electron chi connectivity index (χ3n) is 7.99. The van der Waals surface area contributed by atoms with Crippen molar-refractivity contribution in [3.8, 4) is 119 Å². The molecule has 0 aliphatic rings. The predicted octanol–water partition coefficient (Wildman–Crippen LogP) is 10.9. The highest BCUT2D eigenvalue weighted by atomic mass is 14.5. The first kappa shape index (κ1) is 44.6. The number of terminal acetylenes is 2. The number of hydrogen-bond donors (Lipinski definition) is 0. The maximum atomic E-state index is 5.77. The fourth-order valence-electron chi connectivity index (χ4n) is 5.36. The van der Waals surface area contributed by atoms with Gasteiger partial charge in [-0.3, -0.25) is 0 Å². The molecule has 49 heavy (non-hydrogen) atoms. The van der Waals surface area contributed by atoms with Crippen molar-refractivity contribution in [2.75, 3.05) is 0 Å². The zero-order valence-corrected chi connectivity index (χ0v) is 32.1. The highest BCUT2D eigenvalue weighted by Crippen LogP contribution is 2.51. The Labute approximate surface area is 304 Å². The van der Waals surface area contributed by atoms with Crippen molar-refractivity contribution in [3.05, 3.63) is 0 Å². The normalized spacial score (nSPS) is 13.4. The molecular formula is C49H60. The Morgan fingerprint density at radius 2 is 1.27 bits per heavy atom. The standard InChI is InChI=1S/C49H60/c1-11-19-26-31-37-47(36-18-8,38-32-27-20-12-2)43-44-48(39-24-16-6,40-25-17-7)49(41-29-22-14-4,42-30-23-15-5)46(33-28-21-13-3)35-34-45(9)10/h1,3,45-46H,12,14-16,19-22,26-28,31,33,37,40,42H2,2,4-10H3. The summed E-state index contributed by atoms with van der Waals surface area (Å²) < 4.78 is 0. The molecule has 0 N–H and O–H groups in total. The molecule has 0 aromatic carbocycles. The Hall–Kier alpha value is -4.40. The minimum absolute atomic E-state index is 0.184. The van der Waals surface area contributed by atoms with Crippen molar-refractivity contribution in [2.24, 2.45) is 28.1 Å². The summed E-state index contributed by atoms with van der Waals surface area (Å²) in [5.74, 6) is 61.9. The van der Waals surface area contributed by atoms with Gasteiger partial charge in [0.2, 0.25) is 0 Å². The third-order valence-corrected chi connectivity index (χ3v) is 7.99. The van der Waals surface area contributed by atoms with Gasteiger partial charge >= 0.3 is 0 Å². The predicted molar refractivity (Wildman–Crippen MR) is 213 cm³/mol. The van der Waals surface area contributed by atoms with Gasteiger partial charge in [-0.2, -0.15) is 0 Å². The smallest absolute Gasteiger partial charge is 0.120 e. The van der Waals surface area contributed by atoms with Crippen LogP contribution in [0.3, 0.4) is 0 Å². The van der Waals surface area contributed by atoms with Crippen LogP contribution in [0.5, 0.6) is 0 Å². The highest BCUT2D eigenvalue weighted by Gasteiger charge is 2.53. The quantitative estimate of drug-likeness (QED) is 0.130. The largest absolute Gasteiger partial charge is 0.151 e. The van der Waals surface area contributed by atoms with Crippen molar-refractivity contribution in [2.45, 2.75) is 158 Å². The zero-order chi connectivity index (χ0) is 36.7. The SMILES string of the molecule is C#CCCCCC(C#CC)(C#CCCCC)C#CC(C#CCC)(CC#CC)C(C#CCCC)(CC#CCC)C(C#CC(C)C)CCCC#C. The van der Waals surface area contributed by atoms with E-state index in [-0.39, 0.29) is 11.8 Å². The molecule has 0 saturated heterocycles. The second-order valence-corrected chi connectivity index (χ2v) is 12.5. The second-order valence-electron chi connectivity index (χ2n) is 12.5. The Morgan fingerprint density at radius 1 is 0.551 bits per heavy atom. The molecule has 0 rings (SSSR count). The van der Waals surface area contributed by atoms with Crippen molar-refractivity contribution in [1.82, 2.24) is 0 Å². The van der Waals surface area contributed by atoms with Crippen LogP contribution >= 0.6 is 0 Å². The molecule has 4 unspecified atom stereocenters. The molecule has 0 radical (unpaired) electrons. The summed E-state index contributed by atoms with van der Waals surface area (Å²) in [7, 11) is 0. The van der Waals surface area contributed by atoms with Crippen LogP contribution in [-0.2, 0) is 0 Å². The van der Waals surface area contributed by atoms with Crippen LogP contribution in [0.25, 0.3) is 0 Å². The molecule has 0 saturated carbocycles. The van der Waals surface area contributed by atoms with Crippen molar-refractivity contribution >= 4 is 0 Å². The van der Waals surface area contributed by atoms with E-state index in [1.807, 2.05) is 13.8 Å².